The summed E-state index contributed by atoms with van der Waals surface area (Å²) in [7, 11) is 0. The molecule has 0 radical (unpaired) electrons. The van der Waals surface area contributed by atoms with E-state index in [0.717, 1.165) is 10.0 Å². The fourth-order valence-electron chi connectivity index (χ4n) is 3.39. The Labute approximate surface area is 158 Å². The van der Waals surface area contributed by atoms with Crippen LogP contribution in [0.4, 0.5) is 5.69 Å². The third-order valence-electron chi connectivity index (χ3n) is 4.46. The van der Waals surface area contributed by atoms with Crippen molar-refractivity contribution < 1.29 is 14.3 Å². The van der Waals surface area contributed by atoms with Gasteiger partial charge in [0, 0.05) is 27.5 Å². The molecule has 0 saturated heterocycles. The third kappa shape index (κ3) is 2.77. The van der Waals surface area contributed by atoms with Gasteiger partial charge in [-0.3, -0.25) is 9.69 Å². The molecule has 0 aromatic heterocycles. The maximum atomic E-state index is 12.9. The Morgan fingerprint density at radius 2 is 1.92 bits per heavy atom. The molecule has 4 rings (SSSR count). The van der Waals surface area contributed by atoms with E-state index < -0.39 is 0 Å². The van der Waals surface area contributed by atoms with Gasteiger partial charge in [-0.1, -0.05) is 51.8 Å². The lowest BCUT2D eigenvalue weighted by Crippen LogP contribution is -2.37. The van der Waals surface area contributed by atoms with Crippen molar-refractivity contribution in [2.45, 2.75) is 12.3 Å². The molecule has 0 fully saturated rings. The fourth-order valence-corrected chi connectivity index (χ4v) is 4.05. The number of ether oxygens (including phenoxy) is 1. The van der Waals surface area contributed by atoms with Gasteiger partial charge in [0.15, 0.2) is 0 Å². The number of carbonyl (C=O) groups excluding carboxylic acids is 2. The molecule has 2 heterocycles. The first-order chi connectivity index (χ1) is 12.1. The molecule has 0 saturated carbocycles. The number of hydrogen-bond acceptors (Lipinski definition) is 3. The predicted molar refractivity (Wildman–Crippen MR) is 98.4 cm³/mol. The molecule has 25 heavy (non-hydrogen) atoms. The van der Waals surface area contributed by atoms with Gasteiger partial charge in [-0.15, -0.1) is 0 Å². The van der Waals surface area contributed by atoms with Crippen molar-refractivity contribution in [3.05, 3.63) is 74.9 Å². The molecule has 2 aliphatic rings. The topological polar surface area (TPSA) is 46.6 Å². The van der Waals surface area contributed by atoms with E-state index in [1.165, 1.54) is 0 Å². The van der Waals surface area contributed by atoms with Crippen LogP contribution in [0, 0.1) is 0 Å². The number of rotatable bonds is 2. The first-order valence-corrected chi connectivity index (χ1v) is 8.96. The van der Waals surface area contributed by atoms with Gasteiger partial charge in [-0.25, -0.2) is 4.79 Å². The summed E-state index contributed by atoms with van der Waals surface area (Å²) in [6.45, 7) is 0.0906. The first-order valence-electron chi connectivity index (χ1n) is 7.79. The fraction of sp³-hybridized carbons (Fsp3) is 0.158. The van der Waals surface area contributed by atoms with E-state index in [2.05, 4.69) is 15.9 Å². The lowest BCUT2D eigenvalue weighted by molar-refractivity contribution is -0.136. The van der Waals surface area contributed by atoms with Crippen LogP contribution in [-0.4, -0.2) is 18.5 Å². The highest BCUT2D eigenvalue weighted by molar-refractivity contribution is 9.10. The van der Waals surface area contributed by atoms with E-state index in [1.54, 1.807) is 11.0 Å². The van der Waals surface area contributed by atoms with Crippen molar-refractivity contribution in [1.29, 1.82) is 0 Å². The molecule has 2 aliphatic heterocycles. The number of esters is 1. The molecule has 0 N–H and O–H groups in total. The van der Waals surface area contributed by atoms with Crippen LogP contribution in [-0.2, 0) is 14.3 Å². The van der Waals surface area contributed by atoms with Crippen molar-refractivity contribution in [2.75, 3.05) is 11.5 Å². The van der Waals surface area contributed by atoms with Crippen LogP contribution in [0.15, 0.2) is 64.3 Å². The van der Waals surface area contributed by atoms with Crippen molar-refractivity contribution in [2.24, 2.45) is 0 Å². The maximum absolute atomic E-state index is 12.9. The Balaban J connectivity index is 1.86. The first kappa shape index (κ1) is 16.4. The quantitative estimate of drug-likeness (QED) is 0.678. The molecule has 2 aromatic carbocycles. The molecular formula is C19H13BrClNO3. The van der Waals surface area contributed by atoms with Gasteiger partial charge in [0.2, 0.25) is 5.91 Å². The van der Waals surface area contributed by atoms with Crippen molar-refractivity contribution in [1.82, 2.24) is 0 Å². The van der Waals surface area contributed by atoms with Crippen LogP contribution in [0.25, 0.3) is 0 Å². The van der Waals surface area contributed by atoms with Gasteiger partial charge in [0.1, 0.15) is 6.61 Å². The highest BCUT2D eigenvalue weighted by Gasteiger charge is 2.43. The van der Waals surface area contributed by atoms with E-state index in [9.17, 15) is 9.59 Å². The Kier molecular flexibility index (Phi) is 4.13. The summed E-state index contributed by atoms with van der Waals surface area (Å²) in [6.07, 6.45) is 0.171. The average molecular weight is 419 g/mol. The number of nitrogens with zero attached hydrogens (tertiary/aromatic N) is 1. The molecule has 126 valence electrons. The standard InChI is InChI=1S/C19H13BrClNO3/c20-11-4-3-5-12(8-11)22-16-10-25-19(24)18(16)14(9-17(22)23)13-6-1-2-7-15(13)21/h1-8,14H,9-10H2. The second-order valence-corrected chi connectivity index (χ2v) is 7.25. The minimum Gasteiger partial charge on any atom is -0.456 e. The van der Waals surface area contributed by atoms with Crippen molar-refractivity contribution >= 4 is 45.1 Å². The minimum atomic E-state index is -0.382. The largest absolute Gasteiger partial charge is 0.456 e. The van der Waals surface area contributed by atoms with Crippen LogP contribution in [0.1, 0.15) is 17.9 Å². The van der Waals surface area contributed by atoms with E-state index >= 15 is 0 Å². The predicted octanol–water partition coefficient (Wildman–Crippen LogP) is 4.43. The molecular weight excluding hydrogens is 406 g/mol. The van der Waals surface area contributed by atoms with Crippen LogP contribution in [0.3, 0.4) is 0 Å². The average Bonchev–Trinajstić information content (AvgIpc) is 2.96. The minimum absolute atomic E-state index is 0.0833. The summed E-state index contributed by atoms with van der Waals surface area (Å²) < 4.78 is 6.12. The van der Waals surface area contributed by atoms with Gasteiger partial charge in [-0.2, -0.15) is 0 Å². The molecule has 1 amide bonds. The second kappa shape index (κ2) is 6.32. The number of amides is 1. The normalized spacial score (nSPS) is 19.9. The third-order valence-corrected chi connectivity index (χ3v) is 5.30. The number of hydrogen-bond donors (Lipinski definition) is 0. The molecule has 6 heteroatoms. The summed E-state index contributed by atoms with van der Waals surface area (Å²) >= 11 is 9.73. The Bertz CT molecular complexity index is 924. The van der Waals surface area contributed by atoms with Gasteiger partial charge in [0.25, 0.3) is 0 Å². The number of anilines is 1. The van der Waals surface area contributed by atoms with E-state index in [4.69, 9.17) is 16.3 Å². The Hall–Kier alpha value is -2.11. The molecule has 4 nitrogen and oxygen atoms in total. The molecule has 0 bridgehead atoms. The van der Waals surface area contributed by atoms with E-state index in [1.807, 2.05) is 42.5 Å². The highest BCUT2D eigenvalue weighted by atomic mass is 79.9. The SMILES string of the molecule is O=C1OCC2=C1C(c1ccccc1Cl)CC(=O)N2c1cccc(Br)c1. The summed E-state index contributed by atoms with van der Waals surface area (Å²) in [5.74, 6) is -0.845. The van der Waals surface area contributed by atoms with Crippen LogP contribution in [0.2, 0.25) is 5.02 Å². The highest BCUT2D eigenvalue weighted by Crippen LogP contribution is 2.43. The van der Waals surface area contributed by atoms with Crippen LogP contribution >= 0.6 is 27.5 Å². The molecule has 0 spiro atoms. The molecule has 1 unspecified atom stereocenters. The van der Waals surface area contributed by atoms with Crippen molar-refractivity contribution in [3.63, 3.8) is 0 Å². The van der Waals surface area contributed by atoms with E-state index in [-0.39, 0.29) is 30.8 Å². The van der Waals surface area contributed by atoms with Crippen LogP contribution in [0.5, 0.6) is 0 Å². The Morgan fingerprint density at radius 3 is 2.68 bits per heavy atom. The lowest BCUT2D eigenvalue weighted by Gasteiger charge is -2.32. The summed E-state index contributed by atoms with van der Waals surface area (Å²) in [6, 6.07) is 14.7. The molecule has 1 atom stereocenters. The smallest absolute Gasteiger partial charge is 0.336 e. The molecule has 0 aliphatic carbocycles. The van der Waals surface area contributed by atoms with Crippen LogP contribution < -0.4 is 4.90 Å². The number of benzene rings is 2. The second-order valence-electron chi connectivity index (χ2n) is 5.92. The summed E-state index contributed by atoms with van der Waals surface area (Å²) in [5, 5.41) is 0.544. The van der Waals surface area contributed by atoms with Gasteiger partial charge >= 0.3 is 5.97 Å². The summed E-state index contributed by atoms with van der Waals surface area (Å²) in [5.41, 5.74) is 2.61. The summed E-state index contributed by atoms with van der Waals surface area (Å²) in [4.78, 5) is 26.9. The maximum Gasteiger partial charge on any atom is 0.336 e. The number of carbonyl (C=O) groups is 2. The number of halogens is 2. The Morgan fingerprint density at radius 1 is 1.12 bits per heavy atom. The monoisotopic (exact) mass is 417 g/mol. The number of cyclic esters (lactones) is 1. The van der Waals surface area contributed by atoms with E-state index in [0.29, 0.717) is 22.0 Å². The van der Waals surface area contributed by atoms with Gasteiger partial charge in [-0.05, 0) is 29.8 Å². The zero-order valence-corrected chi connectivity index (χ0v) is 15.4. The lowest BCUT2D eigenvalue weighted by atomic mass is 9.84. The van der Waals surface area contributed by atoms with Crippen molar-refractivity contribution in [3.8, 4) is 0 Å². The zero-order valence-electron chi connectivity index (χ0n) is 13.0. The van der Waals surface area contributed by atoms with Gasteiger partial charge in [0.05, 0.1) is 11.3 Å². The molecule has 2 aromatic rings. The van der Waals surface area contributed by atoms with Gasteiger partial charge < -0.3 is 4.74 Å². The zero-order chi connectivity index (χ0) is 17.6.